The van der Waals surface area contributed by atoms with Gasteiger partial charge >= 0.3 is 8.60 Å². The first-order valence-corrected chi connectivity index (χ1v) is 11.9. The van der Waals surface area contributed by atoms with Gasteiger partial charge in [0.05, 0.1) is 0 Å². The van der Waals surface area contributed by atoms with E-state index in [1.807, 2.05) is 0 Å². The second kappa shape index (κ2) is 7.45. The van der Waals surface area contributed by atoms with Crippen LogP contribution in [0.3, 0.4) is 0 Å². The highest BCUT2D eigenvalue weighted by Crippen LogP contribution is 2.57. The summed E-state index contributed by atoms with van der Waals surface area (Å²) in [5, 5.41) is 0. The fourth-order valence-corrected chi connectivity index (χ4v) is 5.35. The monoisotopic (exact) mass is 434 g/mol. The maximum absolute atomic E-state index is 9.99. The number of benzene rings is 3. The SMILES string of the molecule is Cc1c2c(C(C)(C)C)c(OP(O)O)c(C(C)(C)C)c1-c1ccccc1-c1ccccc1-2. The zero-order chi connectivity index (χ0) is 22.7. The lowest BCUT2D eigenvalue weighted by atomic mass is 9.71. The van der Waals surface area contributed by atoms with E-state index in [0.717, 1.165) is 33.4 Å². The van der Waals surface area contributed by atoms with Crippen LogP contribution in [0, 0.1) is 6.92 Å². The van der Waals surface area contributed by atoms with Gasteiger partial charge in [-0.2, -0.15) is 0 Å². The standard InChI is InChI=1S/C27H31O3P/c1-16-21-19-14-10-8-12-17(19)18-13-9-11-15-20(18)22(16)24(27(5,6)7)25(30-31(28)29)23(21)26(2,3)4/h8-15,28-29H,1-7H3. The minimum atomic E-state index is -2.56. The Labute approximate surface area is 186 Å². The van der Waals surface area contributed by atoms with Crippen LogP contribution in [0.15, 0.2) is 48.5 Å². The average molecular weight is 435 g/mol. The molecule has 0 aromatic heterocycles. The maximum Gasteiger partial charge on any atom is 0.391 e. The highest BCUT2D eigenvalue weighted by Gasteiger charge is 2.38. The summed E-state index contributed by atoms with van der Waals surface area (Å²) in [7, 11) is -2.56. The molecule has 31 heavy (non-hydrogen) atoms. The first kappa shape index (κ1) is 22.0. The molecule has 3 nitrogen and oxygen atoms in total. The second-order valence-electron chi connectivity index (χ2n) is 10.4. The van der Waals surface area contributed by atoms with E-state index in [4.69, 9.17) is 4.52 Å². The molecule has 0 unspecified atom stereocenters. The van der Waals surface area contributed by atoms with Crippen LogP contribution in [0.5, 0.6) is 5.75 Å². The predicted octanol–water partition coefficient (Wildman–Crippen LogP) is 7.49. The molecule has 3 aromatic carbocycles. The third-order valence-electron chi connectivity index (χ3n) is 6.06. The quantitative estimate of drug-likeness (QED) is 0.321. The van der Waals surface area contributed by atoms with E-state index in [1.54, 1.807) is 0 Å². The molecule has 4 heteroatoms. The highest BCUT2D eigenvalue weighted by atomic mass is 31.2. The Kier molecular flexibility index (Phi) is 5.29. The summed E-state index contributed by atoms with van der Waals surface area (Å²) >= 11 is 0. The lowest BCUT2D eigenvalue weighted by Crippen LogP contribution is -2.22. The third-order valence-corrected chi connectivity index (χ3v) is 6.41. The Morgan fingerprint density at radius 2 is 1.00 bits per heavy atom. The van der Waals surface area contributed by atoms with Gasteiger partial charge < -0.3 is 14.3 Å². The summed E-state index contributed by atoms with van der Waals surface area (Å²) < 4.78 is 5.90. The van der Waals surface area contributed by atoms with Gasteiger partial charge in [0, 0.05) is 11.1 Å². The fourth-order valence-electron chi connectivity index (χ4n) is 5.00. The summed E-state index contributed by atoms with van der Waals surface area (Å²) in [4.78, 5) is 20.0. The van der Waals surface area contributed by atoms with Crippen LogP contribution < -0.4 is 4.52 Å². The van der Waals surface area contributed by atoms with E-state index < -0.39 is 8.60 Å². The predicted molar refractivity (Wildman–Crippen MR) is 130 cm³/mol. The summed E-state index contributed by atoms with van der Waals surface area (Å²) in [6, 6.07) is 17.0. The van der Waals surface area contributed by atoms with Crippen molar-refractivity contribution in [3.05, 3.63) is 65.2 Å². The molecule has 0 fully saturated rings. The largest absolute Gasteiger partial charge is 0.426 e. The Morgan fingerprint density at radius 1 is 0.645 bits per heavy atom. The molecule has 2 N–H and O–H groups in total. The van der Waals surface area contributed by atoms with Crippen molar-refractivity contribution >= 4 is 8.60 Å². The molecule has 162 valence electrons. The Balaban J connectivity index is 2.34. The smallest absolute Gasteiger partial charge is 0.391 e. The molecule has 0 amide bonds. The van der Waals surface area contributed by atoms with Crippen LogP contribution in [0.4, 0.5) is 0 Å². The molecule has 2 bridgehead atoms. The van der Waals surface area contributed by atoms with Gasteiger partial charge in [0.2, 0.25) is 0 Å². The van der Waals surface area contributed by atoms with Crippen molar-refractivity contribution in [2.24, 2.45) is 0 Å². The van der Waals surface area contributed by atoms with E-state index in [-0.39, 0.29) is 10.8 Å². The molecule has 1 aliphatic carbocycles. The zero-order valence-corrected chi connectivity index (χ0v) is 20.3. The van der Waals surface area contributed by atoms with Crippen LogP contribution in [0.1, 0.15) is 58.2 Å². The van der Waals surface area contributed by atoms with E-state index in [9.17, 15) is 9.79 Å². The van der Waals surface area contributed by atoms with Crippen molar-refractivity contribution in [1.29, 1.82) is 0 Å². The van der Waals surface area contributed by atoms with Gasteiger partial charge in [-0.05, 0) is 56.7 Å². The second-order valence-corrected chi connectivity index (χ2v) is 11.1. The minimum Gasteiger partial charge on any atom is -0.426 e. The summed E-state index contributed by atoms with van der Waals surface area (Å²) in [6.45, 7) is 15.2. The third kappa shape index (κ3) is 3.59. The highest BCUT2D eigenvalue weighted by molar-refractivity contribution is 7.39. The summed E-state index contributed by atoms with van der Waals surface area (Å²) in [6.07, 6.45) is 0. The normalized spacial score (nSPS) is 13.0. The van der Waals surface area contributed by atoms with Crippen molar-refractivity contribution < 1.29 is 14.3 Å². The molecular weight excluding hydrogens is 403 g/mol. The van der Waals surface area contributed by atoms with Crippen molar-refractivity contribution in [1.82, 2.24) is 0 Å². The maximum atomic E-state index is 9.99. The molecule has 0 saturated carbocycles. The Hall–Kier alpha value is -2.19. The molecule has 0 spiro atoms. The van der Waals surface area contributed by atoms with Crippen molar-refractivity contribution in [2.45, 2.75) is 59.3 Å². The van der Waals surface area contributed by atoms with E-state index in [0.29, 0.717) is 5.75 Å². The van der Waals surface area contributed by atoms with E-state index in [2.05, 4.69) is 97.0 Å². The lowest BCUT2D eigenvalue weighted by Gasteiger charge is -2.35. The summed E-state index contributed by atoms with van der Waals surface area (Å²) in [5.74, 6) is 0.609. The molecule has 4 rings (SSSR count). The number of rotatable bonds is 2. The summed E-state index contributed by atoms with van der Waals surface area (Å²) in [5.41, 5.74) is 9.66. The van der Waals surface area contributed by atoms with Crippen LogP contribution in [-0.2, 0) is 10.8 Å². The van der Waals surface area contributed by atoms with E-state index in [1.165, 1.54) is 16.7 Å². The Morgan fingerprint density at radius 3 is 1.32 bits per heavy atom. The van der Waals surface area contributed by atoms with Gasteiger partial charge in [-0.1, -0.05) is 90.1 Å². The minimum absolute atomic E-state index is 0.275. The zero-order valence-electron chi connectivity index (χ0n) is 19.4. The van der Waals surface area contributed by atoms with Crippen molar-refractivity contribution in [3.8, 4) is 39.1 Å². The molecule has 0 radical (unpaired) electrons. The number of hydrogen-bond donors (Lipinski definition) is 2. The van der Waals surface area contributed by atoms with Crippen LogP contribution in [0.2, 0.25) is 0 Å². The van der Waals surface area contributed by atoms with Gasteiger partial charge in [0.1, 0.15) is 5.75 Å². The molecule has 1 aliphatic rings. The number of hydrogen-bond acceptors (Lipinski definition) is 3. The van der Waals surface area contributed by atoms with Crippen LogP contribution in [0.25, 0.3) is 33.4 Å². The fraction of sp³-hybridized carbons (Fsp3) is 0.333. The molecule has 3 aromatic rings. The topological polar surface area (TPSA) is 49.7 Å². The molecule has 0 saturated heterocycles. The van der Waals surface area contributed by atoms with Gasteiger partial charge in [-0.25, -0.2) is 0 Å². The molecule has 0 atom stereocenters. The molecular formula is C27H31O3P. The first-order chi connectivity index (χ1) is 14.4. The Bertz CT molecular complexity index is 1080. The van der Waals surface area contributed by atoms with Crippen LogP contribution >= 0.6 is 8.60 Å². The van der Waals surface area contributed by atoms with Crippen LogP contribution in [-0.4, -0.2) is 9.79 Å². The molecule has 0 aliphatic heterocycles. The van der Waals surface area contributed by atoms with Gasteiger partial charge in [0.15, 0.2) is 0 Å². The average Bonchev–Trinajstić information content (AvgIpc) is 2.72. The van der Waals surface area contributed by atoms with Gasteiger partial charge in [0.25, 0.3) is 0 Å². The molecule has 0 heterocycles. The van der Waals surface area contributed by atoms with Gasteiger partial charge in [-0.3, -0.25) is 0 Å². The van der Waals surface area contributed by atoms with E-state index >= 15 is 0 Å². The lowest BCUT2D eigenvalue weighted by molar-refractivity contribution is 0.364. The van der Waals surface area contributed by atoms with Gasteiger partial charge in [-0.15, -0.1) is 0 Å². The van der Waals surface area contributed by atoms with Crippen molar-refractivity contribution in [2.75, 3.05) is 0 Å². The number of fused-ring (bicyclic) bond motifs is 7. The first-order valence-electron chi connectivity index (χ1n) is 10.7. The van der Waals surface area contributed by atoms with Crippen molar-refractivity contribution in [3.63, 3.8) is 0 Å².